The number of furan rings is 1. The number of anilines is 1. The Hall–Kier alpha value is -2.87. The van der Waals surface area contributed by atoms with Crippen LogP contribution in [0.5, 0.6) is 0 Å². The van der Waals surface area contributed by atoms with Gasteiger partial charge < -0.3 is 14.5 Å². The van der Waals surface area contributed by atoms with Crippen molar-refractivity contribution in [2.45, 2.75) is 20.8 Å². The average molecular weight is 367 g/mol. The number of ether oxygens (including phenoxy) is 1. The maximum atomic E-state index is 12.1. The number of nitrogens with one attached hydrogen (secondary N) is 1. The Labute approximate surface area is 147 Å². The van der Waals surface area contributed by atoms with Crippen LogP contribution in [0.2, 0.25) is 5.02 Å². The van der Waals surface area contributed by atoms with E-state index in [1.165, 1.54) is 12.1 Å². The number of carbonyl (C=O) groups is 2. The largest absolute Gasteiger partial charge is 0.465 e. The van der Waals surface area contributed by atoms with Gasteiger partial charge in [0.1, 0.15) is 17.1 Å². The highest BCUT2D eigenvalue weighted by Crippen LogP contribution is 2.26. The average Bonchev–Trinajstić information content (AvgIpc) is 2.79. The highest BCUT2D eigenvalue weighted by atomic mass is 35.5. The number of nitro benzene ring substituents is 1. The van der Waals surface area contributed by atoms with E-state index >= 15 is 0 Å². The first kappa shape index (κ1) is 18.5. The van der Waals surface area contributed by atoms with Gasteiger partial charge in [0, 0.05) is 17.7 Å². The van der Waals surface area contributed by atoms with Crippen molar-refractivity contribution >= 4 is 34.9 Å². The van der Waals surface area contributed by atoms with Gasteiger partial charge in [-0.3, -0.25) is 14.9 Å². The van der Waals surface area contributed by atoms with Crippen LogP contribution in [0.4, 0.5) is 11.4 Å². The Kier molecular flexibility index (Phi) is 5.43. The van der Waals surface area contributed by atoms with Gasteiger partial charge in [0.05, 0.1) is 15.6 Å². The lowest BCUT2D eigenvalue weighted by molar-refractivity contribution is -0.384. The summed E-state index contributed by atoms with van der Waals surface area (Å²) in [6.07, 6.45) is 0. The minimum atomic E-state index is -0.688. The summed E-state index contributed by atoms with van der Waals surface area (Å²) in [7, 11) is 0. The molecule has 1 aromatic heterocycles. The first-order valence-corrected chi connectivity index (χ1v) is 7.56. The number of esters is 1. The number of rotatable bonds is 5. The van der Waals surface area contributed by atoms with Crippen molar-refractivity contribution in [2.24, 2.45) is 0 Å². The second-order valence-electron chi connectivity index (χ2n) is 5.26. The molecular weight excluding hydrogens is 352 g/mol. The quantitative estimate of drug-likeness (QED) is 0.492. The van der Waals surface area contributed by atoms with Gasteiger partial charge in [0.2, 0.25) is 0 Å². The van der Waals surface area contributed by atoms with Gasteiger partial charge >= 0.3 is 5.97 Å². The van der Waals surface area contributed by atoms with Crippen LogP contribution in [0.15, 0.2) is 22.6 Å². The van der Waals surface area contributed by atoms with Crippen LogP contribution in [-0.4, -0.2) is 23.4 Å². The third kappa shape index (κ3) is 4.16. The van der Waals surface area contributed by atoms with Crippen LogP contribution in [0, 0.1) is 30.9 Å². The fourth-order valence-electron chi connectivity index (χ4n) is 2.21. The van der Waals surface area contributed by atoms with E-state index < -0.39 is 23.4 Å². The standard InChI is InChI=1S/C16H15ClN2O6/c1-8-9(2)25-10(3)15(8)16(21)24-7-14(20)18-13-6-11(19(22)23)4-5-12(13)17/h4-6H,7H2,1-3H3,(H,18,20). The third-order valence-corrected chi connectivity index (χ3v) is 3.86. The summed E-state index contributed by atoms with van der Waals surface area (Å²) in [5.41, 5.74) is 0.753. The van der Waals surface area contributed by atoms with Gasteiger partial charge in [-0.2, -0.15) is 0 Å². The number of aryl methyl sites for hydroxylation is 2. The van der Waals surface area contributed by atoms with Gasteiger partial charge in [-0.05, 0) is 26.8 Å². The molecule has 0 saturated heterocycles. The molecule has 0 aliphatic carbocycles. The molecule has 0 radical (unpaired) electrons. The van der Waals surface area contributed by atoms with Crippen molar-refractivity contribution in [3.63, 3.8) is 0 Å². The monoisotopic (exact) mass is 366 g/mol. The third-order valence-electron chi connectivity index (χ3n) is 3.53. The van der Waals surface area contributed by atoms with E-state index in [1.54, 1.807) is 20.8 Å². The smallest absolute Gasteiger partial charge is 0.342 e. The molecule has 1 aromatic carbocycles. The predicted octanol–water partition coefficient (Wildman–Crippen LogP) is 3.56. The van der Waals surface area contributed by atoms with Gasteiger partial charge in [-0.25, -0.2) is 4.79 Å². The molecule has 2 rings (SSSR count). The van der Waals surface area contributed by atoms with Crippen molar-refractivity contribution in [3.05, 3.63) is 56.0 Å². The van der Waals surface area contributed by atoms with E-state index in [2.05, 4.69) is 5.32 Å². The van der Waals surface area contributed by atoms with E-state index in [4.69, 9.17) is 20.8 Å². The summed E-state index contributed by atoms with van der Waals surface area (Å²) in [5.74, 6) is -0.363. The molecular formula is C16H15ClN2O6. The van der Waals surface area contributed by atoms with E-state index in [-0.39, 0.29) is 22.0 Å². The summed E-state index contributed by atoms with van der Waals surface area (Å²) in [6, 6.07) is 3.63. The molecule has 9 heteroatoms. The first-order chi connectivity index (χ1) is 11.7. The number of non-ortho nitro benzene ring substituents is 1. The van der Waals surface area contributed by atoms with Gasteiger partial charge in [-0.1, -0.05) is 11.6 Å². The molecule has 0 fully saturated rings. The number of benzene rings is 1. The van der Waals surface area contributed by atoms with Crippen molar-refractivity contribution in [3.8, 4) is 0 Å². The summed E-state index contributed by atoms with van der Waals surface area (Å²) >= 11 is 5.89. The van der Waals surface area contributed by atoms with E-state index in [0.29, 0.717) is 17.1 Å². The van der Waals surface area contributed by atoms with Gasteiger partial charge in [-0.15, -0.1) is 0 Å². The minimum Gasteiger partial charge on any atom is -0.465 e. The number of amides is 1. The van der Waals surface area contributed by atoms with Crippen molar-refractivity contribution in [1.29, 1.82) is 0 Å². The van der Waals surface area contributed by atoms with Crippen LogP contribution < -0.4 is 5.32 Å². The molecule has 0 spiro atoms. The van der Waals surface area contributed by atoms with E-state index in [9.17, 15) is 19.7 Å². The molecule has 0 unspecified atom stereocenters. The zero-order valence-corrected chi connectivity index (χ0v) is 14.5. The molecule has 8 nitrogen and oxygen atoms in total. The molecule has 2 aromatic rings. The van der Waals surface area contributed by atoms with Crippen molar-refractivity contribution in [1.82, 2.24) is 0 Å². The normalized spacial score (nSPS) is 10.4. The number of halogens is 1. The van der Waals surface area contributed by atoms with Crippen LogP contribution in [0.1, 0.15) is 27.4 Å². The molecule has 0 bridgehead atoms. The summed E-state index contributed by atoms with van der Waals surface area (Å²) in [4.78, 5) is 34.2. The van der Waals surface area contributed by atoms with E-state index in [1.807, 2.05) is 0 Å². The Morgan fingerprint density at radius 1 is 1.28 bits per heavy atom. The fraction of sp³-hybridized carbons (Fsp3) is 0.250. The summed E-state index contributed by atoms with van der Waals surface area (Å²) in [5, 5.41) is 13.3. The zero-order valence-electron chi connectivity index (χ0n) is 13.7. The number of nitrogens with zero attached hydrogens (tertiary/aromatic N) is 1. The molecule has 0 aliphatic rings. The molecule has 0 saturated carbocycles. The number of carbonyl (C=O) groups excluding carboxylic acids is 2. The fourth-order valence-corrected chi connectivity index (χ4v) is 2.37. The molecule has 132 valence electrons. The lowest BCUT2D eigenvalue weighted by atomic mass is 10.1. The first-order valence-electron chi connectivity index (χ1n) is 7.18. The highest BCUT2D eigenvalue weighted by Gasteiger charge is 2.21. The predicted molar refractivity (Wildman–Crippen MR) is 89.9 cm³/mol. The molecule has 0 atom stereocenters. The highest BCUT2D eigenvalue weighted by molar-refractivity contribution is 6.33. The lowest BCUT2D eigenvalue weighted by Crippen LogP contribution is -2.21. The molecule has 1 N–H and O–H groups in total. The van der Waals surface area contributed by atoms with Crippen LogP contribution in [0.3, 0.4) is 0 Å². The maximum Gasteiger partial charge on any atom is 0.342 e. The van der Waals surface area contributed by atoms with Gasteiger partial charge in [0.15, 0.2) is 6.61 Å². The second-order valence-corrected chi connectivity index (χ2v) is 5.67. The Balaban J connectivity index is 2.03. The Morgan fingerprint density at radius 2 is 1.96 bits per heavy atom. The molecule has 25 heavy (non-hydrogen) atoms. The minimum absolute atomic E-state index is 0.0587. The van der Waals surface area contributed by atoms with Crippen molar-refractivity contribution < 1.29 is 23.7 Å². The summed E-state index contributed by atoms with van der Waals surface area (Å²) < 4.78 is 10.3. The SMILES string of the molecule is Cc1oc(C)c(C(=O)OCC(=O)Nc2cc([N+](=O)[O-])ccc2Cl)c1C. The molecule has 0 aliphatic heterocycles. The zero-order chi connectivity index (χ0) is 18.7. The maximum absolute atomic E-state index is 12.1. The number of hydrogen-bond acceptors (Lipinski definition) is 6. The summed E-state index contributed by atoms with van der Waals surface area (Å²) in [6.45, 7) is 4.49. The van der Waals surface area contributed by atoms with E-state index in [0.717, 1.165) is 6.07 Å². The van der Waals surface area contributed by atoms with Gasteiger partial charge in [0.25, 0.3) is 11.6 Å². The molecule has 1 heterocycles. The molecule has 1 amide bonds. The van der Waals surface area contributed by atoms with Crippen LogP contribution >= 0.6 is 11.6 Å². The Morgan fingerprint density at radius 3 is 2.52 bits per heavy atom. The topological polar surface area (TPSA) is 112 Å². The van der Waals surface area contributed by atoms with Crippen molar-refractivity contribution in [2.75, 3.05) is 11.9 Å². The van der Waals surface area contributed by atoms with Crippen LogP contribution in [0.25, 0.3) is 0 Å². The number of nitro groups is 1. The Bertz CT molecular complexity index is 859. The van der Waals surface area contributed by atoms with Crippen LogP contribution in [-0.2, 0) is 9.53 Å². The lowest BCUT2D eigenvalue weighted by Gasteiger charge is -2.08. The second kappa shape index (κ2) is 7.35. The number of hydrogen-bond donors (Lipinski definition) is 1.